The highest BCUT2D eigenvalue weighted by Crippen LogP contribution is 2.01. The van der Waals surface area contributed by atoms with Crippen molar-refractivity contribution in [3.63, 3.8) is 0 Å². The van der Waals surface area contributed by atoms with Crippen LogP contribution in [-0.2, 0) is 13.0 Å². The van der Waals surface area contributed by atoms with E-state index in [9.17, 15) is 0 Å². The summed E-state index contributed by atoms with van der Waals surface area (Å²) in [5.41, 5.74) is 2.44. The zero-order valence-corrected chi connectivity index (χ0v) is 8.35. The van der Waals surface area contributed by atoms with Gasteiger partial charge >= 0.3 is 0 Å². The predicted molar refractivity (Wildman–Crippen MR) is 57.1 cm³/mol. The van der Waals surface area contributed by atoms with E-state index in [2.05, 4.69) is 29.4 Å². The molecule has 72 valence electrons. The Morgan fingerprint density at radius 2 is 1.93 bits per heavy atom. The molecule has 2 heteroatoms. The molecule has 0 fully saturated rings. The van der Waals surface area contributed by atoms with Crippen LogP contribution >= 0.6 is 0 Å². The molecule has 0 aliphatic heterocycles. The summed E-state index contributed by atoms with van der Waals surface area (Å²) >= 11 is 0. The van der Waals surface area contributed by atoms with Crippen LogP contribution in [0.15, 0.2) is 42.6 Å². The predicted octanol–water partition coefficient (Wildman–Crippen LogP) is 2.43. The van der Waals surface area contributed by atoms with Crippen molar-refractivity contribution >= 4 is 0 Å². The molecule has 0 spiro atoms. The van der Waals surface area contributed by atoms with Gasteiger partial charge in [0.25, 0.3) is 0 Å². The van der Waals surface area contributed by atoms with Gasteiger partial charge in [0.05, 0.1) is 5.69 Å². The van der Waals surface area contributed by atoms with E-state index < -0.39 is 0 Å². The van der Waals surface area contributed by atoms with Gasteiger partial charge in [0.2, 0.25) is 0 Å². The Kier molecular flexibility index (Phi) is 2.63. The molecular weight excluding hydrogens is 172 g/mol. The summed E-state index contributed by atoms with van der Waals surface area (Å²) < 4.78 is 1.99. The van der Waals surface area contributed by atoms with E-state index in [-0.39, 0.29) is 0 Å². The highest BCUT2D eigenvalue weighted by atomic mass is 15.3. The van der Waals surface area contributed by atoms with Crippen LogP contribution < -0.4 is 0 Å². The van der Waals surface area contributed by atoms with E-state index in [0.29, 0.717) is 0 Å². The van der Waals surface area contributed by atoms with Gasteiger partial charge in [0, 0.05) is 12.7 Å². The molecule has 0 saturated heterocycles. The first-order valence-corrected chi connectivity index (χ1v) is 4.88. The SMILES string of the molecule is Cc1ccn(CCc2ccccc2)n1. The Labute approximate surface area is 84.2 Å². The average molecular weight is 186 g/mol. The van der Waals surface area contributed by atoms with Gasteiger partial charge in [-0.05, 0) is 25.0 Å². The molecule has 2 rings (SSSR count). The molecule has 0 bridgehead atoms. The Hall–Kier alpha value is -1.57. The first kappa shape index (κ1) is 9.00. The molecule has 2 nitrogen and oxygen atoms in total. The van der Waals surface area contributed by atoms with Crippen LogP contribution in [0, 0.1) is 6.92 Å². The lowest BCUT2D eigenvalue weighted by Crippen LogP contribution is -2.01. The third-order valence-corrected chi connectivity index (χ3v) is 2.25. The van der Waals surface area contributed by atoms with Gasteiger partial charge in [0.15, 0.2) is 0 Å². The van der Waals surface area contributed by atoms with Crippen molar-refractivity contribution in [2.45, 2.75) is 19.9 Å². The molecule has 2 aromatic rings. The van der Waals surface area contributed by atoms with Gasteiger partial charge in [0.1, 0.15) is 0 Å². The number of aromatic nitrogens is 2. The quantitative estimate of drug-likeness (QED) is 0.720. The fourth-order valence-electron chi connectivity index (χ4n) is 1.48. The number of benzene rings is 1. The van der Waals surface area contributed by atoms with E-state index in [0.717, 1.165) is 18.7 Å². The lowest BCUT2D eigenvalue weighted by atomic mass is 10.2. The smallest absolute Gasteiger partial charge is 0.0593 e. The molecule has 0 N–H and O–H groups in total. The number of rotatable bonds is 3. The second-order valence-corrected chi connectivity index (χ2v) is 3.46. The minimum atomic E-state index is 0.956. The summed E-state index contributed by atoms with van der Waals surface area (Å²) in [5, 5.41) is 4.34. The summed E-state index contributed by atoms with van der Waals surface area (Å²) in [6.45, 7) is 2.97. The topological polar surface area (TPSA) is 17.8 Å². The standard InChI is InChI=1S/C12H14N2/c1-11-7-9-14(13-11)10-8-12-5-3-2-4-6-12/h2-7,9H,8,10H2,1H3. The van der Waals surface area contributed by atoms with Crippen molar-refractivity contribution in [1.82, 2.24) is 9.78 Å². The second kappa shape index (κ2) is 4.09. The summed E-state index contributed by atoms with van der Waals surface area (Å²) in [6.07, 6.45) is 3.07. The summed E-state index contributed by atoms with van der Waals surface area (Å²) in [6, 6.07) is 12.5. The number of nitrogens with zero attached hydrogens (tertiary/aromatic N) is 2. The monoisotopic (exact) mass is 186 g/mol. The molecule has 1 heterocycles. The Morgan fingerprint density at radius 1 is 1.14 bits per heavy atom. The molecule has 14 heavy (non-hydrogen) atoms. The largest absolute Gasteiger partial charge is 0.272 e. The molecule has 1 aromatic carbocycles. The number of aryl methyl sites for hydroxylation is 3. The lowest BCUT2D eigenvalue weighted by molar-refractivity contribution is 0.610. The molecule has 0 aliphatic rings. The van der Waals surface area contributed by atoms with E-state index in [1.54, 1.807) is 0 Å². The minimum absolute atomic E-state index is 0.956. The van der Waals surface area contributed by atoms with Crippen molar-refractivity contribution in [2.75, 3.05) is 0 Å². The summed E-state index contributed by atoms with van der Waals surface area (Å²) in [5.74, 6) is 0. The molecule has 0 aliphatic carbocycles. The Morgan fingerprint density at radius 3 is 2.57 bits per heavy atom. The second-order valence-electron chi connectivity index (χ2n) is 3.46. The maximum atomic E-state index is 4.34. The third-order valence-electron chi connectivity index (χ3n) is 2.25. The first-order valence-electron chi connectivity index (χ1n) is 4.88. The van der Waals surface area contributed by atoms with Crippen molar-refractivity contribution in [1.29, 1.82) is 0 Å². The molecule has 0 saturated carbocycles. The van der Waals surface area contributed by atoms with Gasteiger partial charge in [-0.3, -0.25) is 4.68 Å². The zero-order chi connectivity index (χ0) is 9.80. The van der Waals surface area contributed by atoms with Gasteiger partial charge in [-0.2, -0.15) is 5.10 Å². The van der Waals surface area contributed by atoms with Crippen molar-refractivity contribution in [3.8, 4) is 0 Å². The van der Waals surface area contributed by atoms with Crippen molar-refractivity contribution in [3.05, 3.63) is 53.9 Å². The van der Waals surface area contributed by atoms with E-state index >= 15 is 0 Å². The van der Waals surface area contributed by atoms with Crippen LogP contribution in [-0.4, -0.2) is 9.78 Å². The highest BCUT2D eigenvalue weighted by molar-refractivity contribution is 5.14. The van der Waals surface area contributed by atoms with Gasteiger partial charge in [-0.25, -0.2) is 0 Å². The molecule has 0 unspecified atom stereocenters. The first-order chi connectivity index (χ1) is 6.84. The fraction of sp³-hybridized carbons (Fsp3) is 0.250. The van der Waals surface area contributed by atoms with Crippen LogP contribution in [0.5, 0.6) is 0 Å². The maximum Gasteiger partial charge on any atom is 0.0593 e. The van der Waals surface area contributed by atoms with E-state index in [4.69, 9.17) is 0 Å². The van der Waals surface area contributed by atoms with E-state index in [1.165, 1.54) is 5.56 Å². The minimum Gasteiger partial charge on any atom is -0.272 e. The zero-order valence-electron chi connectivity index (χ0n) is 8.35. The molecule has 1 aromatic heterocycles. The average Bonchev–Trinajstić information content (AvgIpc) is 2.63. The number of hydrogen-bond acceptors (Lipinski definition) is 1. The van der Waals surface area contributed by atoms with Crippen LogP contribution in [0.2, 0.25) is 0 Å². The van der Waals surface area contributed by atoms with Crippen LogP contribution in [0.3, 0.4) is 0 Å². The normalized spacial score (nSPS) is 10.4. The van der Waals surface area contributed by atoms with Crippen molar-refractivity contribution in [2.24, 2.45) is 0 Å². The number of hydrogen-bond donors (Lipinski definition) is 0. The molecule has 0 radical (unpaired) electrons. The lowest BCUT2D eigenvalue weighted by Gasteiger charge is -2.01. The van der Waals surface area contributed by atoms with E-state index in [1.807, 2.05) is 29.9 Å². The maximum absolute atomic E-state index is 4.34. The Bertz CT molecular complexity index is 390. The molecular formula is C12H14N2. The van der Waals surface area contributed by atoms with Crippen LogP contribution in [0.1, 0.15) is 11.3 Å². The third kappa shape index (κ3) is 2.22. The van der Waals surface area contributed by atoms with Gasteiger partial charge in [-0.1, -0.05) is 30.3 Å². The molecule has 0 atom stereocenters. The van der Waals surface area contributed by atoms with Crippen molar-refractivity contribution < 1.29 is 0 Å². The molecule has 0 amide bonds. The summed E-state index contributed by atoms with van der Waals surface area (Å²) in [7, 11) is 0. The fourth-order valence-corrected chi connectivity index (χ4v) is 1.48. The van der Waals surface area contributed by atoms with Crippen LogP contribution in [0.4, 0.5) is 0 Å². The summed E-state index contributed by atoms with van der Waals surface area (Å²) in [4.78, 5) is 0. The van der Waals surface area contributed by atoms with Gasteiger partial charge in [-0.15, -0.1) is 0 Å². The highest BCUT2D eigenvalue weighted by Gasteiger charge is 1.95. The Balaban J connectivity index is 1.95. The van der Waals surface area contributed by atoms with Crippen LogP contribution in [0.25, 0.3) is 0 Å². The van der Waals surface area contributed by atoms with Gasteiger partial charge < -0.3 is 0 Å².